The molecule has 0 atom stereocenters. The van der Waals surface area contributed by atoms with E-state index in [4.69, 9.17) is 14.2 Å². The summed E-state index contributed by atoms with van der Waals surface area (Å²) in [7, 11) is 5.98. The molecule has 3 rings (SSSR count). The van der Waals surface area contributed by atoms with Gasteiger partial charge in [-0.05, 0) is 31.2 Å². The zero-order valence-electron chi connectivity index (χ0n) is 17.5. The third kappa shape index (κ3) is 3.59. The molecular weight excluding hydrogens is 386 g/mol. The highest BCUT2D eigenvalue weighted by atomic mass is 16.5. The largest absolute Gasteiger partial charge is 0.493 e. The number of rotatable bonds is 6. The molecule has 0 bridgehead atoms. The number of aromatic nitrogens is 2. The lowest BCUT2D eigenvalue weighted by Gasteiger charge is -2.13. The van der Waals surface area contributed by atoms with Crippen molar-refractivity contribution in [3.63, 3.8) is 0 Å². The van der Waals surface area contributed by atoms with Crippen LogP contribution in [0.3, 0.4) is 0 Å². The lowest BCUT2D eigenvalue weighted by atomic mass is 10.1. The Bertz CT molecular complexity index is 1160. The molecular formula is C22H23N3O5. The summed E-state index contributed by atoms with van der Waals surface area (Å²) in [5, 5.41) is 0. The molecule has 3 aromatic rings. The number of carbonyl (C=O) groups excluding carboxylic acids is 1. The topological polar surface area (TPSA) is 84.1 Å². The lowest BCUT2D eigenvalue weighted by Crippen LogP contribution is -2.19. The number of benzene rings is 2. The van der Waals surface area contributed by atoms with Crippen LogP contribution < -0.4 is 15.0 Å². The summed E-state index contributed by atoms with van der Waals surface area (Å²) in [4.78, 5) is 29.8. The zero-order valence-corrected chi connectivity index (χ0v) is 17.5. The van der Waals surface area contributed by atoms with E-state index in [1.54, 1.807) is 23.9 Å². The predicted molar refractivity (Wildman–Crippen MR) is 114 cm³/mol. The summed E-state index contributed by atoms with van der Waals surface area (Å²) < 4.78 is 18.8. The van der Waals surface area contributed by atoms with Gasteiger partial charge in [-0.25, -0.2) is 14.5 Å². The number of methoxy groups -OCH3 is 3. The van der Waals surface area contributed by atoms with Crippen LogP contribution >= 0.6 is 0 Å². The fourth-order valence-electron chi connectivity index (χ4n) is 3.20. The van der Waals surface area contributed by atoms with Crippen molar-refractivity contribution >= 4 is 17.9 Å². The highest BCUT2D eigenvalue weighted by Gasteiger charge is 2.22. The molecule has 1 aromatic heterocycles. The molecule has 2 aromatic carbocycles. The zero-order chi connectivity index (χ0) is 21.8. The predicted octanol–water partition coefficient (Wildman–Crippen LogP) is 3.04. The molecule has 0 N–H and O–H groups in total. The van der Waals surface area contributed by atoms with Gasteiger partial charge in [0.1, 0.15) is 5.56 Å². The van der Waals surface area contributed by atoms with Crippen LogP contribution in [0.15, 0.2) is 52.3 Å². The Balaban J connectivity index is 2.14. The Morgan fingerprint density at radius 2 is 1.73 bits per heavy atom. The number of carbonyl (C=O) groups is 1. The number of para-hydroxylation sites is 1. The molecule has 0 unspecified atom stereocenters. The molecule has 156 valence electrons. The second-order valence-corrected chi connectivity index (χ2v) is 6.43. The second kappa shape index (κ2) is 8.69. The van der Waals surface area contributed by atoms with Crippen LogP contribution in [0.1, 0.15) is 21.6 Å². The van der Waals surface area contributed by atoms with E-state index in [0.29, 0.717) is 17.0 Å². The van der Waals surface area contributed by atoms with E-state index in [1.165, 1.54) is 32.2 Å². The average Bonchev–Trinajstić information content (AvgIpc) is 2.99. The van der Waals surface area contributed by atoms with Gasteiger partial charge in [0.2, 0.25) is 0 Å². The molecule has 0 spiro atoms. The summed E-state index contributed by atoms with van der Waals surface area (Å²) in [6.07, 6.45) is 1.45. The van der Waals surface area contributed by atoms with E-state index in [9.17, 15) is 9.59 Å². The number of ether oxygens (including phenoxy) is 3. The minimum atomic E-state index is -0.598. The van der Waals surface area contributed by atoms with Gasteiger partial charge < -0.3 is 14.2 Å². The molecule has 0 aliphatic carbocycles. The van der Waals surface area contributed by atoms with E-state index < -0.39 is 5.97 Å². The molecule has 0 amide bonds. The highest BCUT2D eigenvalue weighted by molar-refractivity contribution is 6.03. The Kier molecular flexibility index (Phi) is 6.06. The molecule has 0 saturated heterocycles. The molecule has 0 aliphatic heterocycles. The van der Waals surface area contributed by atoms with Crippen LogP contribution in [0.2, 0.25) is 0 Å². The van der Waals surface area contributed by atoms with Gasteiger partial charge in [0, 0.05) is 18.8 Å². The first-order chi connectivity index (χ1) is 14.4. The van der Waals surface area contributed by atoms with E-state index >= 15 is 0 Å². The Morgan fingerprint density at radius 1 is 1.03 bits per heavy atom. The number of esters is 1. The van der Waals surface area contributed by atoms with Gasteiger partial charge in [-0.3, -0.25) is 9.48 Å². The van der Waals surface area contributed by atoms with Crippen molar-refractivity contribution in [1.29, 1.82) is 0 Å². The quantitative estimate of drug-likeness (QED) is 0.462. The number of hydrogen-bond donors (Lipinski definition) is 0. The van der Waals surface area contributed by atoms with Crippen LogP contribution in [-0.2, 0) is 11.8 Å². The van der Waals surface area contributed by atoms with Crippen molar-refractivity contribution in [2.24, 2.45) is 12.0 Å². The molecule has 0 saturated carbocycles. The van der Waals surface area contributed by atoms with Crippen LogP contribution in [0.25, 0.3) is 5.69 Å². The van der Waals surface area contributed by atoms with Crippen LogP contribution in [-0.4, -0.2) is 42.9 Å². The minimum absolute atomic E-state index is 0.167. The SMILES string of the molecule is COC(=O)c1c(C=Nc2c(C)n(C)n(-c3ccccc3)c2=O)ccc(OC)c1OC. The Labute approximate surface area is 173 Å². The first kappa shape index (κ1) is 20.9. The van der Waals surface area contributed by atoms with E-state index in [1.807, 2.05) is 37.3 Å². The molecule has 0 fully saturated rings. The highest BCUT2D eigenvalue weighted by Crippen LogP contribution is 2.33. The van der Waals surface area contributed by atoms with Gasteiger partial charge in [-0.2, -0.15) is 0 Å². The first-order valence-corrected chi connectivity index (χ1v) is 9.16. The summed E-state index contributed by atoms with van der Waals surface area (Å²) in [5.74, 6) is 0.0239. The van der Waals surface area contributed by atoms with Crippen LogP contribution in [0.4, 0.5) is 5.69 Å². The Morgan fingerprint density at radius 3 is 2.33 bits per heavy atom. The van der Waals surface area contributed by atoms with Gasteiger partial charge in [0.15, 0.2) is 17.2 Å². The van der Waals surface area contributed by atoms with Crippen molar-refractivity contribution in [3.05, 3.63) is 69.6 Å². The fourth-order valence-corrected chi connectivity index (χ4v) is 3.20. The van der Waals surface area contributed by atoms with Crippen LogP contribution in [0, 0.1) is 6.92 Å². The maximum absolute atomic E-state index is 13.0. The molecule has 0 aliphatic rings. The normalized spacial score (nSPS) is 11.0. The summed E-state index contributed by atoms with van der Waals surface area (Å²) in [5.41, 5.74) is 2.02. The lowest BCUT2D eigenvalue weighted by molar-refractivity contribution is 0.0596. The minimum Gasteiger partial charge on any atom is -0.493 e. The second-order valence-electron chi connectivity index (χ2n) is 6.43. The number of nitrogens with zero attached hydrogens (tertiary/aromatic N) is 3. The summed E-state index contributed by atoms with van der Waals surface area (Å²) >= 11 is 0. The average molecular weight is 409 g/mol. The van der Waals surface area contributed by atoms with Gasteiger partial charge >= 0.3 is 5.97 Å². The van der Waals surface area contributed by atoms with Crippen molar-refractivity contribution < 1.29 is 19.0 Å². The molecule has 8 heteroatoms. The summed E-state index contributed by atoms with van der Waals surface area (Å²) in [6, 6.07) is 12.6. The van der Waals surface area contributed by atoms with Crippen molar-refractivity contribution in [2.45, 2.75) is 6.92 Å². The standard InChI is InChI=1S/C22H23N3O5/c1-14-19(21(26)25(24(14)2)16-9-7-6-8-10-16)23-13-15-11-12-17(28-3)20(29-4)18(15)22(27)30-5/h6-13H,1-5H3. The molecule has 0 radical (unpaired) electrons. The Hall–Kier alpha value is -3.81. The number of aliphatic imine (C=N–C) groups is 1. The van der Waals surface area contributed by atoms with E-state index in [0.717, 1.165) is 5.69 Å². The maximum atomic E-state index is 13.0. The molecule has 30 heavy (non-hydrogen) atoms. The first-order valence-electron chi connectivity index (χ1n) is 9.16. The van der Waals surface area contributed by atoms with E-state index in [-0.39, 0.29) is 22.6 Å². The maximum Gasteiger partial charge on any atom is 0.342 e. The van der Waals surface area contributed by atoms with Crippen molar-refractivity contribution in [2.75, 3.05) is 21.3 Å². The van der Waals surface area contributed by atoms with Gasteiger partial charge in [-0.15, -0.1) is 0 Å². The van der Waals surface area contributed by atoms with E-state index in [2.05, 4.69) is 4.99 Å². The smallest absolute Gasteiger partial charge is 0.342 e. The monoisotopic (exact) mass is 409 g/mol. The van der Waals surface area contributed by atoms with Crippen LogP contribution in [0.5, 0.6) is 11.5 Å². The molecule has 8 nitrogen and oxygen atoms in total. The van der Waals surface area contributed by atoms with Gasteiger partial charge in [0.05, 0.1) is 32.7 Å². The third-order valence-corrected chi connectivity index (χ3v) is 4.82. The fraction of sp³-hybridized carbons (Fsp3) is 0.227. The van der Waals surface area contributed by atoms with Crippen molar-refractivity contribution in [3.8, 4) is 17.2 Å². The van der Waals surface area contributed by atoms with Crippen molar-refractivity contribution in [1.82, 2.24) is 9.36 Å². The van der Waals surface area contributed by atoms with Gasteiger partial charge in [0.25, 0.3) is 5.56 Å². The van der Waals surface area contributed by atoms with Gasteiger partial charge in [-0.1, -0.05) is 18.2 Å². The molecule has 1 heterocycles. The third-order valence-electron chi connectivity index (χ3n) is 4.82. The number of hydrogen-bond acceptors (Lipinski definition) is 6. The summed E-state index contributed by atoms with van der Waals surface area (Å²) in [6.45, 7) is 1.81.